The fraction of sp³-hybridized carbons (Fsp3) is 0.421. The molecule has 1 saturated heterocycles. The number of thiophene rings is 1. The van der Waals surface area contributed by atoms with Gasteiger partial charge in [0.05, 0.1) is 5.54 Å². The summed E-state index contributed by atoms with van der Waals surface area (Å²) in [5.74, 6) is 0.0772. The highest BCUT2D eigenvalue weighted by Gasteiger charge is 2.48. The molecule has 4 nitrogen and oxygen atoms in total. The van der Waals surface area contributed by atoms with Crippen LogP contribution in [0.3, 0.4) is 0 Å². The van der Waals surface area contributed by atoms with Crippen molar-refractivity contribution in [3.8, 4) is 0 Å². The van der Waals surface area contributed by atoms with Crippen molar-refractivity contribution in [3.63, 3.8) is 0 Å². The van der Waals surface area contributed by atoms with Crippen molar-refractivity contribution >= 4 is 17.2 Å². The molecule has 24 heavy (non-hydrogen) atoms. The van der Waals surface area contributed by atoms with Crippen molar-refractivity contribution in [2.45, 2.75) is 24.9 Å². The molecule has 0 unspecified atom stereocenters. The van der Waals surface area contributed by atoms with Crippen LogP contribution in [0.5, 0.6) is 0 Å². The molecule has 2 atom stereocenters. The van der Waals surface area contributed by atoms with Gasteiger partial charge in [-0.15, -0.1) is 0 Å². The van der Waals surface area contributed by atoms with Crippen LogP contribution in [0.25, 0.3) is 0 Å². The molecular weight excluding hydrogens is 320 g/mol. The smallest absolute Gasteiger partial charge is 0.252 e. The predicted octanol–water partition coefficient (Wildman–Crippen LogP) is 2.29. The number of amides is 1. The molecule has 1 aromatic heterocycles. The molecule has 2 aliphatic heterocycles. The summed E-state index contributed by atoms with van der Waals surface area (Å²) in [4.78, 5) is 15.1. The average molecular weight is 342 g/mol. The highest BCUT2D eigenvalue weighted by molar-refractivity contribution is 7.07. The number of aliphatic hydroxyl groups is 1. The minimum absolute atomic E-state index is 0.000988. The molecule has 3 heterocycles. The van der Waals surface area contributed by atoms with Gasteiger partial charge in [-0.25, -0.2) is 0 Å². The van der Waals surface area contributed by atoms with Gasteiger partial charge in [0.15, 0.2) is 0 Å². The summed E-state index contributed by atoms with van der Waals surface area (Å²) in [6.45, 7) is 2.61. The Balaban J connectivity index is 1.58. The van der Waals surface area contributed by atoms with E-state index in [4.69, 9.17) is 0 Å². The van der Waals surface area contributed by atoms with Crippen LogP contribution in [0.2, 0.25) is 0 Å². The van der Waals surface area contributed by atoms with Crippen LogP contribution in [0.4, 0.5) is 0 Å². The topological polar surface area (TPSA) is 52.6 Å². The van der Waals surface area contributed by atoms with E-state index in [1.54, 1.807) is 11.3 Å². The first-order valence-corrected chi connectivity index (χ1v) is 9.39. The van der Waals surface area contributed by atoms with Crippen LogP contribution in [0.15, 0.2) is 41.1 Å². The number of nitrogens with one attached hydrogen (secondary N) is 1. The monoisotopic (exact) mass is 342 g/mol. The molecule has 2 N–H and O–H groups in total. The van der Waals surface area contributed by atoms with Gasteiger partial charge in [0.25, 0.3) is 5.91 Å². The molecule has 1 amide bonds. The van der Waals surface area contributed by atoms with Gasteiger partial charge in [-0.2, -0.15) is 11.3 Å². The van der Waals surface area contributed by atoms with Crippen molar-refractivity contribution < 1.29 is 9.90 Å². The molecule has 0 radical (unpaired) electrons. The molecule has 0 bridgehead atoms. The number of carbonyl (C=O) groups is 1. The number of likely N-dealkylation sites (tertiary alicyclic amines) is 1. The van der Waals surface area contributed by atoms with Crippen molar-refractivity contribution in [2.24, 2.45) is 5.92 Å². The van der Waals surface area contributed by atoms with Gasteiger partial charge in [0.1, 0.15) is 0 Å². The van der Waals surface area contributed by atoms with Crippen LogP contribution >= 0.6 is 11.3 Å². The Morgan fingerprint density at radius 2 is 2.21 bits per heavy atom. The zero-order chi connectivity index (χ0) is 16.6. The van der Waals surface area contributed by atoms with Gasteiger partial charge in [-0.1, -0.05) is 18.2 Å². The Morgan fingerprint density at radius 1 is 1.33 bits per heavy atom. The van der Waals surface area contributed by atoms with Crippen molar-refractivity contribution in [3.05, 3.63) is 57.8 Å². The van der Waals surface area contributed by atoms with E-state index in [1.807, 2.05) is 24.3 Å². The van der Waals surface area contributed by atoms with Gasteiger partial charge >= 0.3 is 0 Å². The van der Waals surface area contributed by atoms with Crippen molar-refractivity contribution in [1.29, 1.82) is 0 Å². The molecule has 2 aromatic rings. The molecular formula is C19H22N2O2S. The Hall–Kier alpha value is -1.69. The normalized spacial score (nSPS) is 27.0. The molecule has 1 aromatic carbocycles. The minimum atomic E-state index is -0.332. The van der Waals surface area contributed by atoms with Gasteiger partial charge in [-0.05, 0) is 46.9 Å². The Morgan fingerprint density at radius 3 is 3.00 bits per heavy atom. The van der Waals surface area contributed by atoms with Crippen LogP contribution in [0.1, 0.15) is 27.9 Å². The second kappa shape index (κ2) is 6.31. The zero-order valence-electron chi connectivity index (χ0n) is 13.6. The standard InChI is InChI=1S/C19H22N2O2S/c22-11-16-10-21(9-14-6-8-24-12-14)13-19(16)7-5-15-3-1-2-4-17(15)18(23)20-19/h1-4,6,8,12,16,22H,5,7,9-11,13H2,(H,20,23)/t16-,19+/m0/s1. The van der Waals surface area contributed by atoms with Crippen LogP contribution in [-0.2, 0) is 13.0 Å². The van der Waals surface area contributed by atoms with Crippen LogP contribution < -0.4 is 5.32 Å². The molecule has 126 valence electrons. The highest BCUT2D eigenvalue weighted by Crippen LogP contribution is 2.35. The maximum atomic E-state index is 12.7. The zero-order valence-corrected chi connectivity index (χ0v) is 14.4. The van der Waals surface area contributed by atoms with Gasteiger partial charge in [-0.3, -0.25) is 9.69 Å². The largest absolute Gasteiger partial charge is 0.396 e. The van der Waals surface area contributed by atoms with E-state index in [0.29, 0.717) is 0 Å². The first kappa shape index (κ1) is 15.8. The van der Waals surface area contributed by atoms with E-state index in [0.717, 1.165) is 43.6 Å². The lowest BCUT2D eigenvalue weighted by molar-refractivity contribution is 0.0846. The second-order valence-electron chi connectivity index (χ2n) is 6.95. The first-order chi connectivity index (χ1) is 11.7. The SMILES string of the molecule is O=C1N[C@]2(CCc3ccccc31)CN(Cc1ccsc1)C[C@H]2CO. The van der Waals surface area contributed by atoms with Gasteiger partial charge in [0.2, 0.25) is 0 Å². The van der Waals surface area contributed by atoms with E-state index >= 15 is 0 Å². The number of nitrogens with zero attached hydrogens (tertiary/aromatic N) is 1. The Kier molecular flexibility index (Phi) is 4.16. The summed E-state index contributed by atoms with van der Waals surface area (Å²) in [7, 11) is 0. The van der Waals surface area contributed by atoms with Gasteiger partial charge in [0, 0.05) is 37.7 Å². The Bertz CT molecular complexity index is 731. The number of hydrogen-bond acceptors (Lipinski definition) is 4. The van der Waals surface area contributed by atoms with E-state index in [1.165, 1.54) is 5.56 Å². The van der Waals surface area contributed by atoms with Crippen LogP contribution in [0, 0.1) is 5.92 Å². The lowest BCUT2D eigenvalue weighted by atomic mass is 9.83. The molecule has 0 aliphatic carbocycles. The van der Waals surface area contributed by atoms with E-state index in [-0.39, 0.29) is 24.0 Å². The lowest BCUT2D eigenvalue weighted by Crippen LogP contribution is -2.54. The fourth-order valence-electron chi connectivity index (χ4n) is 4.17. The summed E-state index contributed by atoms with van der Waals surface area (Å²) < 4.78 is 0. The van der Waals surface area contributed by atoms with Gasteiger partial charge < -0.3 is 10.4 Å². The Labute approximate surface area is 146 Å². The number of aryl methyl sites for hydroxylation is 1. The van der Waals surface area contributed by atoms with E-state index in [2.05, 4.69) is 27.0 Å². The number of carbonyl (C=O) groups excluding carboxylic acids is 1. The van der Waals surface area contributed by atoms with E-state index < -0.39 is 0 Å². The average Bonchev–Trinajstić information content (AvgIpc) is 3.18. The van der Waals surface area contributed by atoms with Crippen LogP contribution in [-0.4, -0.2) is 41.1 Å². The quantitative estimate of drug-likeness (QED) is 0.900. The maximum Gasteiger partial charge on any atom is 0.252 e. The summed E-state index contributed by atoms with van der Waals surface area (Å²) in [5, 5.41) is 17.5. The lowest BCUT2D eigenvalue weighted by Gasteiger charge is -2.34. The third-order valence-corrected chi connectivity index (χ3v) is 6.17. The number of aliphatic hydroxyl groups excluding tert-OH is 1. The summed E-state index contributed by atoms with van der Waals surface area (Å²) in [5.41, 5.74) is 2.86. The summed E-state index contributed by atoms with van der Waals surface area (Å²) in [6, 6.07) is 9.99. The van der Waals surface area contributed by atoms with E-state index in [9.17, 15) is 9.90 Å². The number of hydrogen-bond donors (Lipinski definition) is 2. The predicted molar refractivity (Wildman–Crippen MR) is 95.1 cm³/mol. The van der Waals surface area contributed by atoms with Crippen molar-refractivity contribution in [2.75, 3.05) is 19.7 Å². The molecule has 0 saturated carbocycles. The number of rotatable bonds is 3. The second-order valence-corrected chi connectivity index (χ2v) is 7.73. The van der Waals surface area contributed by atoms with Crippen molar-refractivity contribution in [1.82, 2.24) is 10.2 Å². The summed E-state index contributed by atoms with van der Waals surface area (Å²) in [6.07, 6.45) is 1.75. The third kappa shape index (κ3) is 2.77. The first-order valence-electron chi connectivity index (χ1n) is 8.45. The molecule has 2 aliphatic rings. The number of benzene rings is 1. The molecule has 4 rings (SSSR count). The summed E-state index contributed by atoms with van der Waals surface area (Å²) >= 11 is 1.71. The molecule has 5 heteroatoms. The highest BCUT2D eigenvalue weighted by atomic mass is 32.1. The molecule has 1 fully saturated rings. The number of fused-ring (bicyclic) bond motifs is 1. The molecule has 1 spiro atoms. The fourth-order valence-corrected chi connectivity index (χ4v) is 4.83. The minimum Gasteiger partial charge on any atom is -0.396 e. The third-order valence-electron chi connectivity index (χ3n) is 5.44. The maximum absolute atomic E-state index is 12.7.